The van der Waals surface area contributed by atoms with Gasteiger partial charge in [0, 0.05) is 18.5 Å². The largest absolute Gasteiger partial charge is 0.345 e. The summed E-state index contributed by atoms with van der Waals surface area (Å²) in [5, 5.41) is 3.29. The van der Waals surface area contributed by atoms with E-state index in [1.165, 1.54) is 49.7 Å². The summed E-state index contributed by atoms with van der Waals surface area (Å²) in [5.74, 6) is 1.66. The van der Waals surface area contributed by atoms with E-state index in [-0.39, 0.29) is 29.3 Å². The van der Waals surface area contributed by atoms with Crippen LogP contribution in [-0.4, -0.2) is 29.8 Å². The molecule has 39 heavy (non-hydrogen) atoms. The second-order valence-electron chi connectivity index (χ2n) is 13.5. The first-order valence-electron chi connectivity index (χ1n) is 15.1. The topological polar surface area (TPSA) is 49.4 Å². The van der Waals surface area contributed by atoms with Gasteiger partial charge in [0.15, 0.2) is 0 Å². The number of nitrogens with zero attached hydrogens (tertiary/aromatic N) is 1. The normalized spacial score (nSPS) is 34.4. The summed E-state index contributed by atoms with van der Waals surface area (Å²) in [6, 6.07) is 18.6. The number of rotatable bonds is 5. The van der Waals surface area contributed by atoms with Crippen LogP contribution < -0.4 is 5.32 Å². The number of likely N-dealkylation sites (N-methyl/N-ethyl adjacent to an activating group) is 1. The van der Waals surface area contributed by atoms with E-state index in [2.05, 4.69) is 68.6 Å². The van der Waals surface area contributed by atoms with E-state index in [1.807, 2.05) is 30.1 Å². The first-order chi connectivity index (χ1) is 18.7. The Labute approximate surface area is 234 Å². The molecule has 0 bridgehead atoms. The molecule has 0 aromatic heterocycles. The number of nitrogens with one attached hydrogen (secondary N) is 1. The molecular formula is C35H44N2O2. The molecule has 2 unspecified atom stereocenters. The van der Waals surface area contributed by atoms with Gasteiger partial charge in [0.25, 0.3) is 11.8 Å². The number of carbonyl (C=O) groups is 2. The van der Waals surface area contributed by atoms with Crippen molar-refractivity contribution in [2.45, 2.75) is 84.2 Å². The first-order valence-corrected chi connectivity index (χ1v) is 15.1. The minimum Gasteiger partial charge on any atom is -0.345 e. The number of hydrogen-bond donors (Lipinski definition) is 1. The Morgan fingerprint density at radius 3 is 2.46 bits per heavy atom. The Morgan fingerprint density at radius 1 is 0.974 bits per heavy atom. The van der Waals surface area contributed by atoms with Gasteiger partial charge in [-0.2, -0.15) is 0 Å². The molecule has 3 aliphatic carbocycles. The lowest BCUT2D eigenvalue weighted by molar-refractivity contribution is -0.141. The number of aryl methyl sites for hydroxylation is 1. The quantitative estimate of drug-likeness (QED) is 0.438. The van der Waals surface area contributed by atoms with Crippen LogP contribution in [0.1, 0.15) is 81.5 Å². The summed E-state index contributed by atoms with van der Waals surface area (Å²) in [5.41, 5.74) is 4.10. The molecule has 1 N–H and O–H groups in total. The Balaban J connectivity index is 1.30. The molecule has 4 heteroatoms. The van der Waals surface area contributed by atoms with Crippen LogP contribution in [0.25, 0.3) is 0 Å². The predicted octanol–water partition coefficient (Wildman–Crippen LogP) is 6.79. The van der Waals surface area contributed by atoms with Gasteiger partial charge in [-0.15, -0.1) is 0 Å². The molecule has 4 aliphatic rings. The SMILES string of the molecule is Cc1ccc(CC(NC(=O)C2=C[C@@]3(C)C(CC[C@@H]4[C@H]3CC[C@]3(C)CCC[C@@H]43)N(C)C2=O)c2ccccc2)cc1. The van der Waals surface area contributed by atoms with Crippen LogP contribution >= 0.6 is 0 Å². The lowest BCUT2D eigenvalue weighted by Gasteiger charge is -2.60. The van der Waals surface area contributed by atoms with Crippen molar-refractivity contribution in [1.82, 2.24) is 10.2 Å². The van der Waals surface area contributed by atoms with Gasteiger partial charge in [-0.1, -0.05) is 86.5 Å². The second kappa shape index (κ2) is 9.94. The van der Waals surface area contributed by atoms with Crippen LogP contribution in [0.2, 0.25) is 0 Å². The molecule has 2 amide bonds. The minimum atomic E-state index is -0.240. The van der Waals surface area contributed by atoms with E-state index in [1.54, 1.807) is 0 Å². The van der Waals surface area contributed by atoms with Crippen molar-refractivity contribution < 1.29 is 9.59 Å². The van der Waals surface area contributed by atoms with Gasteiger partial charge in [0.1, 0.15) is 5.57 Å². The molecule has 7 atom stereocenters. The lowest BCUT2D eigenvalue weighted by atomic mass is 9.48. The Hall–Kier alpha value is -2.88. The number of benzene rings is 2. The van der Waals surface area contributed by atoms with E-state index in [4.69, 9.17) is 0 Å². The third-order valence-corrected chi connectivity index (χ3v) is 11.3. The zero-order valence-corrected chi connectivity index (χ0v) is 24.1. The molecule has 1 aliphatic heterocycles. The van der Waals surface area contributed by atoms with Gasteiger partial charge in [-0.05, 0) is 86.2 Å². The van der Waals surface area contributed by atoms with Crippen molar-refractivity contribution >= 4 is 11.8 Å². The molecule has 2 aromatic carbocycles. The van der Waals surface area contributed by atoms with Crippen LogP contribution in [0.3, 0.4) is 0 Å². The molecule has 2 aromatic rings. The first kappa shape index (κ1) is 26.3. The van der Waals surface area contributed by atoms with Gasteiger partial charge < -0.3 is 10.2 Å². The van der Waals surface area contributed by atoms with Gasteiger partial charge in [0.2, 0.25) is 0 Å². The second-order valence-corrected chi connectivity index (χ2v) is 13.5. The highest BCUT2D eigenvalue weighted by Crippen LogP contribution is 2.64. The average molecular weight is 525 g/mol. The summed E-state index contributed by atoms with van der Waals surface area (Å²) in [6.45, 7) is 6.96. The highest BCUT2D eigenvalue weighted by Gasteiger charge is 2.59. The molecule has 6 rings (SSSR count). The summed E-state index contributed by atoms with van der Waals surface area (Å²) in [6.07, 6.45) is 11.6. The van der Waals surface area contributed by atoms with Crippen molar-refractivity contribution in [2.24, 2.45) is 28.6 Å². The average Bonchev–Trinajstić information content (AvgIpc) is 3.34. The summed E-state index contributed by atoms with van der Waals surface area (Å²) >= 11 is 0. The van der Waals surface area contributed by atoms with Crippen molar-refractivity contribution in [3.63, 3.8) is 0 Å². The van der Waals surface area contributed by atoms with Gasteiger partial charge in [0.05, 0.1) is 6.04 Å². The fourth-order valence-electron chi connectivity index (χ4n) is 9.18. The molecule has 0 radical (unpaired) electrons. The zero-order valence-electron chi connectivity index (χ0n) is 24.1. The maximum Gasteiger partial charge on any atom is 0.259 e. The number of fused-ring (bicyclic) bond motifs is 5. The van der Waals surface area contributed by atoms with Crippen LogP contribution in [0.4, 0.5) is 0 Å². The van der Waals surface area contributed by atoms with Crippen molar-refractivity contribution in [3.05, 3.63) is 82.9 Å². The van der Waals surface area contributed by atoms with E-state index in [9.17, 15) is 9.59 Å². The van der Waals surface area contributed by atoms with E-state index < -0.39 is 0 Å². The van der Waals surface area contributed by atoms with Crippen molar-refractivity contribution in [2.75, 3.05) is 7.05 Å². The molecule has 1 heterocycles. The van der Waals surface area contributed by atoms with E-state index >= 15 is 0 Å². The van der Waals surface area contributed by atoms with Crippen LogP contribution in [0.15, 0.2) is 66.2 Å². The number of amides is 2. The Morgan fingerprint density at radius 2 is 1.72 bits per heavy atom. The smallest absolute Gasteiger partial charge is 0.259 e. The summed E-state index contributed by atoms with van der Waals surface area (Å²) in [7, 11) is 1.93. The van der Waals surface area contributed by atoms with E-state index in [0.29, 0.717) is 29.2 Å². The molecule has 0 saturated heterocycles. The van der Waals surface area contributed by atoms with Crippen LogP contribution in [-0.2, 0) is 16.0 Å². The molecule has 4 nitrogen and oxygen atoms in total. The molecule has 3 fully saturated rings. The fraction of sp³-hybridized carbons (Fsp3) is 0.543. The third kappa shape index (κ3) is 4.54. The van der Waals surface area contributed by atoms with Gasteiger partial charge in [-0.25, -0.2) is 0 Å². The molecule has 3 saturated carbocycles. The molecule has 206 valence electrons. The Bertz CT molecular complexity index is 1270. The third-order valence-electron chi connectivity index (χ3n) is 11.3. The maximum absolute atomic E-state index is 14.0. The predicted molar refractivity (Wildman–Crippen MR) is 156 cm³/mol. The van der Waals surface area contributed by atoms with Crippen molar-refractivity contribution in [3.8, 4) is 0 Å². The summed E-state index contributed by atoms with van der Waals surface area (Å²) < 4.78 is 0. The van der Waals surface area contributed by atoms with Crippen LogP contribution in [0, 0.1) is 35.5 Å². The number of hydrogen-bond acceptors (Lipinski definition) is 2. The van der Waals surface area contributed by atoms with Crippen molar-refractivity contribution in [1.29, 1.82) is 0 Å². The monoisotopic (exact) mass is 524 g/mol. The van der Waals surface area contributed by atoms with Gasteiger partial charge >= 0.3 is 0 Å². The van der Waals surface area contributed by atoms with Crippen LogP contribution in [0.5, 0.6) is 0 Å². The van der Waals surface area contributed by atoms with Gasteiger partial charge in [-0.3, -0.25) is 9.59 Å². The lowest BCUT2D eigenvalue weighted by Crippen LogP contribution is -2.61. The number of carbonyl (C=O) groups excluding carboxylic acids is 2. The summed E-state index contributed by atoms with van der Waals surface area (Å²) in [4.78, 5) is 29.5. The fourth-order valence-corrected chi connectivity index (χ4v) is 9.18. The standard InChI is InChI=1S/C35H44N2O2/c1-23-12-14-24(15-13-23)21-30(25-9-6-5-7-10-25)36-32(38)27-22-35(3)29-18-20-34(2)19-8-11-28(34)26(29)16-17-31(35)37(4)33(27)39/h5-7,9-10,12-15,22,26,28-31H,8,11,16-21H2,1-4H3,(H,36,38)/t26-,28-,29+,30?,31?,34-,35+/m0/s1. The molecular weight excluding hydrogens is 480 g/mol. The highest BCUT2D eigenvalue weighted by molar-refractivity contribution is 6.19. The van der Waals surface area contributed by atoms with E-state index in [0.717, 1.165) is 17.9 Å². The maximum atomic E-state index is 14.0. The molecule has 0 spiro atoms. The minimum absolute atomic E-state index is 0.128. The Kier molecular flexibility index (Phi) is 6.72. The highest BCUT2D eigenvalue weighted by atomic mass is 16.2. The zero-order chi connectivity index (χ0) is 27.4.